The molecule has 5 nitrogen and oxygen atoms in total. The molecule has 15 heavy (non-hydrogen) atoms. The summed E-state index contributed by atoms with van der Waals surface area (Å²) in [5.41, 5.74) is 10.2. The Kier molecular flexibility index (Phi) is 4.76. The van der Waals surface area contributed by atoms with Crippen LogP contribution in [0.1, 0.15) is 17.8 Å². The van der Waals surface area contributed by atoms with E-state index in [9.17, 15) is 4.79 Å². The number of nitrogens with two attached hydrogens (primary N) is 2. The van der Waals surface area contributed by atoms with Gasteiger partial charge in [-0.15, -0.1) is 11.3 Å². The van der Waals surface area contributed by atoms with Gasteiger partial charge in [0.1, 0.15) is 6.54 Å². The Morgan fingerprint density at radius 2 is 2.33 bits per heavy atom. The molecule has 0 saturated carbocycles. The molecule has 0 fully saturated rings. The third-order valence-electron chi connectivity index (χ3n) is 1.77. The molecule has 0 radical (unpaired) electrons. The average molecular weight is 226 g/mol. The number of thiazole rings is 1. The molecule has 0 spiro atoms. The zero-order valence-corrected chi connectivity index (χ0v) is 9.17. The lowest BCUT2D eigenvalue weighted by molar-refractivity contribution is -0.117. The van der Waals surface area contributed by atoms with Crippen LogP contribution >= 0.6 is 11.3 Å². The molecular weight excluding hydrogens is 212 g/mol. The van der Waals surface area contributed by atoms with Gasteiger partial charge in [0.05, 0.1) is 5.01 Å². The Bertz CT molecular complexity index is 330. The van der Waals surface area contributed by atoms with Gasteiger partial charge in [-0.1, -0.05) is 0 Å². The van der Waals surface area contributed by atoms with Crippen molar-refractivity contribution in [3.8, 4) is 0 Å². The molecule has 0 aromatic carbocycles. The molecule has 0 amide bonds. The molecular formula is C9H14N4OS. The first-order chi connectivity index (χ1) is 7.18. The zero-order chi connectivity index (χ0) is 11.1. The van der Waals surface area contributed by atoms with Gasteiger partial charge in [0.15, 0.2) is 11.7 Å². The summed E-state index contributed by atoms with van der Waals surface area (Å²) in [4.78, 5) is 19.0. The number of aryl methyl sites for hydroxylation is 1. The number of rotatable bonds is 6. The zero-order valence-electron chi connectivity index (χ0n) is 8.35. The second-order valence-electron chi connectivity index (χ2n) is 3.06. The average Bonchev–Trinajstić information content (AvgIpc) is 2.67. The van der Waals surface area contributed by atoms with E-state index in [0.717, 1.165) is 17.8 Å². The predicted molar refractivity (Wildman–Crippen MR) is 60.7 cm³/mol. The van der Waals surface area contributed by atoms with Crippen molar-refractivity contribution in [3.05, 3.63) is 16.6 Å². The minimum atomic E-state index is -0.0386. The SMILES string of the molecule is NC(N)=NCC(=O)CCCc1nccs1. The molecule has 0 atom stereocenters. The lowest BCUT2D eigenvalue weighted by Crippen LogP contribution is -2.24. The summed E-state index contributed by atoms with van der Waals surface area (Å²) in [6.45, 7) is 0.0835. The number of carbonyl (C=O) groups is 1. The molecule has 0 aliphatic carbocycles. The van der Waals surface area contributed by atoms with E-state index in [1.54, 1.807) is 17.5 Å². The van der Waals surface area contributed by atoms with Crippen molar-refractivity contribution in [3.63, 3.8) is 0 Å². The Hall–Kier alpha value is -1.43. The fourth-order valence-corrected chi connectivity index (χ4v) is 1.73. The number of ketones is 1. The van der Waals surface area contributed by atoms with Gasteiger partial charge in [-0.2, -0.15) is 0 Å². The van der Waals surface area contributed by atoms with Gasteiger partial charge in [-0.25, -0.2) is 9.98 Å². The second-order valence-corrected chi connectivity index (χ2v) is 4.04. The molecule has 1 heterocycles. The first-order valence-electron chi connectivity index (χ1n) is 4.64. The normalized spacial score (nSPS) is 9.87. The van der Waals surface area contributed by atoms with Crippen LogP contribution in [-0.4, -0.2) is 23.3 Å². The quantitative estimate of drug-likeness (QED) is 0.539. The Morgan fingerprint density at radius 1 is 1.53 bits per heavy atom. The van der Waals surface area contributed by atoms with Gasteiger partial charge in [0.2, 0.25) is 0 Å². The van der Waals surface area contributed by atoms with Gasteiger partial charge in [0, 0.05) is 18.0 Å². The van der Waals surface area contributed by atoms with Gasteiger partial charge in [-0.05, 0) is 12.8 Å². The number of aliphatic imine (C=N–C) groups is 1. The van der Waals surface area contributed by atoms with Gasteiger partial charge in [0.25, 0.3) is 0 Å². The van der Waals surface area contributed by atoms with E-state index in [-0.39, 0.29) is 18.3 Å². The van der Waals surface area contributed by atoms with Crippen LogP contribution in [0.5, 0.6) is 0 Å². The van der Waals surface area contributed by atoms with Gasteiger partial charge >= 0.3 is 0 Å². The minimum Gasteiger partial charge on any atom is -0.370 e. The molecule has 82 valence electrons. The number of nitrogens with zero attached hydrogens (tertiary/aromatic N) is 2. The summed E-state index contributed by atoms with van der Waals surface area (Å²) in [5, 5.41) is 2.99. The Balaban J connectivity index is 2.15. The summed E-state index contributed by atoms with van der Waals surface area (Å²) < 4.78 is 0. The van der Waals surface area contributed by atoms with Crippen LogP contribution in [-0.2, 0) is 11.2 Å². The fourth-order valence-electron chi connectivity index (χ4n) is 1.07. The molecule has 0 saturated heterocycles. The summed E-state index contributed by atoms with van der Waals surface area (Å²) >= 11 is 1.60. The van der Waals surface area contributed by atoms with E-state index in [0.29, 0.717) is 6.42 Å². The third kappa shape index (κ3) is 5.11. The maximum Gasteiger partial charge on any atom is 0.186 e. The van der Waals surface area contributed by atoms with Crippen LogP contribution < -0.4 is 11.5 Å². The number of hydrogen-bond donors (Lipinski definition) is 2. The maximum absolute atomic E-state index is 11.2. The predicted octanol–water partition coefficient (Wildman–Crippen LogP) is 0.308. The molecule has 0 aliphatic rings. The van der Waals surface area contributed by atoms with Crippen LogP contribution in [0.2, 0.25) is 0 Å². The topological polar surface area (TPSA) is 94.4 Å². The van der Waals surface area contributed by atoms with E-state index < -0.39 is 0 Å². The molecule has 4 N–H and O–H groups in total. The van der Waals surface area contributed by atoms with E-state index in [1.165, 1.54) is 0 Å². The smallest absolute Gasteiger partial charge is 0.186 e. The summed E-state index contributed by atoms with van der Waals surface area (Å²) in [6, 6.07) is 0. The lowest BCUT2D eigenvalue weighted by atomic mass is 10.2. The lowest BCUT2D eigenvalue weighted by Gasteiger charge is -1.96. The number of aromatic nitrogens is 1. The highest BCUT2D eigenvalue weighted by atomic mass is 32.1. The van der Waals surface area contributed by atoms with Crippen molar-refractivity contribution in [1.29, 1.82) is 0 Å². The summed E-state index contributed by atoms with van der Waals surface area (Å²) in [5.74, 6) is 0.0169. The van der Waals surface area contributed by atoms with Gasteiger partial charge < -0.3 is 11.5 Å². The van der Waals surface area contributed by atoms with Crippen LogP contribution in [0, 0.1) is 0 Å². The van der Waals surface area contributed by atoms with Crippen molar-refractivity contribution < 1.29 is 4.79 Å². The highest BCUT2D eigenvalue weighted by molar-refractivity contribution is 7.09. The summed E-state index contributed by atoms with van der Waals surface area (Å²) in [7, 11) is 0. The number of hydrogen-bond acceptors (Lipinski definition) is 4. The Morgan fingerprint density at radius 3 is 2.93 bits per heavy atom. The highest BCUT2D eigenvalue weighted by Crippen LogP contribution is 2.08. The van der Waals surface area contributed by atoms with Gasteiger partial charge in [-0.3, -0.25) is 4.79 Å². The summed E-state index contributed by atoms with van der Waals surface area (Å²) in [6.07, 6.45) is 3.90. The van der Waals surface area contributed by atoms with Crippen molar-refractivity contribution in [2.45, 2.75) is 19.3 Å². The van der Waals surface area contributed by atoms with Crippen LogP contribution in [0.25, 0.3) is 0 Å². The van der Waals surface area contributed by atoms with E-state index in [1.807, 2.05) is 5.38 Å². The third-order valence-corrected chi connectivity index (χ3v) is 2.61. The molecule has 0 bridgehead atoms. The first-order valence-corrected chi connectivity index (χ1v) is 5.52. The molecule has 0 aliphatic heterocycles. The van der Waals surface area contributed by atoms with Crippen LogP contribution in [0.15, 0.2) is 16.6 Å². The van der Waals surface area contributed by atoms with E-state index in [2.05, 4.69) is 9.98 Å². The molecule has 1 rings (SSSR count). The molecule has 0 unspecified atom stereocenters. The molecule has 1 aromatic heterocycles. The number of guanidine groups is 1. The highest BCUT2D eigenvalue weighted by Gasteiger charge is 2.02. The second kappa shape index (κ2) is 6.13. The molecule has 1 aromatic rings. The van der Waals surface area contributed by atoms with Crippen LogP contribution in [0.4, 0.5) is 0 Å². The van der Waals surface area contributed by atoms with Crippen molar-refractivity contribution in [2.75, 3.05) is 6.54 Å². The van der Waals surface area contributed by atoms with Crippen molar-refractivity contribution >= 4 is 23.1 Å². The van der Waals surface area contributed by atoms with Crippen molar-refractivity contribution in [1.82, 2.24) is 4.98 Å². The van der Waals surface area contributed by atoms with E-state index >= 15 is 0 Å². The minimum absolute atomic E-state index is 0.0386. The van der Waals surface area contributed by atoms with Crippen molar-refractivity contribution in [2.24, 2.45) is 16.5 Å². The van der Waals surface area contributed by atoms with Crippen LogP contribution in [0.3, 0.4) is 0 Å². The maximum atomic E-state index is 11.2. The monoisotopic (exact) mass is 226 g/mol. The Labute approximate surface area is 92.2 Å². The number of carbonyl (C=O) groups excluding carboxylic acids is 1. The van der Waals surface area contributed by atoms with E-state index in [4.69, 9.17) is 11.5 Å². The molecule has 6 heteroatoms. The fraction of sp³-hybridized carbons (Fsp3) is 0.444. The standard InChI is InChI=1S/C9H14N4OS/c10-9(11)13-6-7(14)2-1-3-8-12-4-5-15-8/h4-5H,1-3,6H2,(H4,10,11,13). The number of Topliss-reactive ketones (excluding diaryl/α,β-unsaturated/α-hetero) is 1. The largest absolute Gasteiger partial charge is 0.370 e. The first kappa shape index (κ1) is 11.6.